The molecule has 4 nitrogen and oxygen atoms in total. The average Bonchev–Trinajstić information content (AvgIpc) is 2.68. The molecule has 0 saturated carbocycles. The van der Waals surface area contributed by atoms with Crippen molar-refractivity contribution in [3.8, 4) is 11.8 Å². The van der Waals surface area contributed by atoms with Crippen molar-refractivity contribution < 1.29 is 9.53 Å². The third-order valence-electron chi connectivity index (χ3n) is 3.64. The van der Waals surface area contributed by atoms with Crippen LogP contribution in [-0.4, -0.2) is 5.91 Å². The van der Waals surface area contributed by atoms with Crippen molar-refractivity contribution in [2.24, 2.45) is 0 Å². The lowest BCUT2D eigenvalue weighted by Crippen LogP contribution is -2.11. The van der Waals surface area contributed by atoms with E-state index >= 15 is 0 Å². The SMILES string of the molecule is N#Cc1ccc(OCc2ccc(C(=O)Nc3ccccc3)cc2)cc1. The van der Waals surface area contributed by atoms with Crippen LogP contribution in [0.5, 0.6) is 5.75 Å². The molecule has 122 valence electrons. The summed E-state index contributed by atoms with van der Waals surface area (Å²) in [6, 6.07) is 25.6. The lowest BCUT2D eigenvalue weighted by Gasteiger charge is -2.08. The summed E-state index contributed by atoms with van der Waals surface area (Å²) in [7, 11) is 0. The lowest BCUT2D eigenvalue weighted by atomic mass is 10.1. The van der Waals surface area contributed by atoms with Crippen molar-refractivity contribution in [3.05, 3.63) is 95.6 Å². The maximum Gasteiger partial charge on any atom is 0.255 e. The first-order valence-corrected chi connectivity index (χ1v) is 7.83. The van der Waals surface area contributed by atoms with E-state index in [0.29, 0.717) is 23.5 Å². The van der Waals surface area contributed by atoms with Crippen LogP contribution in [0.3, 0.4) is 0 Å². The minimum atomic E-state index is -0.147. The summed E-state index contributed by atoms with van der Waals surface area (Å²) in [6.45, 7) is 0.395. The largest absolute Gasteiger partial charge is 0.489 e. The van der Waals surface area contributed by atoms with E-state index in [2.05, 4.69) is 11.4 Å². The summed E-state index contributed by atoms with van der Waals surface area (Å²) in [5.41, 5.74) is 2.91. The van der Waals surface area contributed by atoms with Crippen LogP contribution in [0.2, 0.25) is 0 Å². The van der Waals surface area contributed by atoms with Gasteiger partial charge in [0.2, 0.25) is 0 Å². The molecule has 0 unspecified atom stereocenters. The van der Waals surface area contributed by atoms with Gasteiger partial charge in [0.05, 0.1) is 11.6 Å². The Balaban J connectivity index is 1.58. The van der Waals surface area contributed by atoms with Crippen LogP contribution in [0.25, 0.3) is 0 Å². The third-order valence-corrected chi connectivity index (χ3v) is 3.64. The highest BCUT2D eigenvalue weighted by molar-refractivity contribution is 6.04. The smallest absolute Gasteiger partial charge is 0.255 e. The number of hydrogen-bond acceptors (Lipinski definition) is 3. The molecule has 3 aromatic rings. The van der Waals surface area contributed by atoms with Crippen molar-refractivity contribution in [2.75, 3.05) is 5.32 Å². The predicted octanol–water partition coefficient (Wildman–Crippen LogP) is 4.39. The van der Waals surface area contributed by atoms with Gasteiger partial charge in [-0.15, -0.1) is 0 Å². The van der Waals surface area contributed by atoms with Crippen LogP contribution in [-0.2, 0) is 6.61 Å². The predicted molar refractivity (Wildman–Crippen MR) is 96.3 cm³/mol. The van der Waals surface area contributed by atoms with Crippen LogP contribution in [0.15, 0.2) is 78.9 Å². The van der Waals surface area contributed by atoms with Gasteiger partial charge in [0.1, 0.15) is 12.4 Å². The second-order valence-corrected chi connectivity index (χ2v) is 5.44. The number of carbonyl (C=O) groups is 1. The molecule has 0 spiro atoms. The fourth-order valence-electron chi connectivity index (χ4n) is 2.27. The first-order valence-electron chi connectivity index (χ1n) is 7.83. The Labute approximate surface area is 146 Å². The number of rotatable bonds is 5. The number of nitriles is 1. The molecule has 0 fully saturated rings. The number of nitrogens with zero attached hydrogens (tertiary/aromatic N) is 1. The molecule has 0 heterocycles. The molecule has 4 heteroatoms. The molecule has 0 aromatic heterocycles. The molecule has 0 saturated heterocycles. The minimum absolute atomic E-state index is 0.147. The lowest BCUT2D eigenvalue weighted by molar-refractivity contribution is 0.102. The molecule has 3 aromatic carbocycles. The number of anilines is 1. The summed E-state index contributed by atoms with van der Waals surface area (Å²) < 4.78 is 5.68. The monoisotopic (exact) mass is 328 g/mol. The van der Waals surface area contributed by atoms with Gasteiger partial charge in [-0.2, -0.15) is 5.26 Å². The normalized spacial score (nSPS) is 9.88. The van der Waals surface area contributed by atoms with Crippen LogP contribution in [0.4, 0.5) is 5.69 Å². The van der Waals surface area contributed by atoms with Gasteiger partial charge >= 0.3 is 0 Å². The Kier molecular flexibility index (Phi) is 5.08. The zero-order valence-electron chi connectivity index (χ0n) is 13.5. The minimum Gasteiger partial charge on any atom is -0.489 e. The third kappa shape index (κ3) is 4.46. The van der Waals surface area contributed by atoms with E-state index in [1.807, 2.05) is 42.5 Å². The van der Waals surface area contributed by atoms with Gasteiger partial charge in [-0.1, -0.05) is 30.3 Å². The highest BCUT2D eigenvalue weighted by atomic mass is 16.5. The summed E-state index contributed by atoms with van der Waals surface area (Å²) in [4.78, 5) is 12.2. The second kappa shape index (κ2) is 7.80. The first-order chi connectivity index (χ1) is 12.2. The molecular weight excluding hydrogens is 312 g/mol. The zero-order valence-corrected chi connectivity index (χ0v) is 13.5. The van der Waals surface area contributed by atoms with Gasteiger partial charge < -0.3 is 10.1 Å². The Morgan fingerprint density at radius 1 is 0.920 bits per heavy atom. The van der Waals surface area contributed by atoms with Gasteiger partial charge in [-0.3, -0.25) is 4.79 Å². The number of amides is 1. The fraction of sp³-hybridized carbons (Fsp3) is 0.0476. The molecule has 0 radical (unpaired) electrons. The Morgan fingerprint density at radius 3 is 2.24 bits per heavy atom. The maximum atomic E-state index is 12.2. The van der Waals surface area contributed by atoms with Crippen molar-refractivity contribution >= 4 is 11.6 Å². The van der Waals surface area contributed by atoms with E-state index < -0.39 is 0 Å². The van der Waals surface area contributed by atoms with Crippen molar-refractivity contribution in [3.63, 3.8) is 0 Å². The molecule has 25 heavy (non-hydrogen) atoms. The van der Waals surface area contributed by atoms with E-state index in [1.165, 1.54) is 0 Å². The summed E-state index contributed by atoms with van der Waals surface area (Å²) in [6.07, 6.45) is 0. The highest BCUT2D eigenvalue weighted by Crippen LogP contribution is 2.15. The van der Waals surface area contributed by atoms with Crippen molar-refractivity contribution in [1.29, 1.82) is 5.26 Å². The Bertz CT molecular complexity index is 880. The number of para-hydroxylation sites is 1. The Morgan fingerprint density at radius 2 is 1.60 bits per heavy atom. The standard InChI is InChI=1S/C21H16N2O2/c22-14-16-8-12-20(13-9-16)25-15-17-6-10-18(11-7-17)21(24)23-19-4-2-1-3-5-19/h1-13H,15H2,(H,23,24). The number of ether oxygens (including phenoxy) is 1. The number of benzene rings is 3. The average molecular weight is 328 g/mol. The van der Waals surface area contributed by atoms with Gasteiger partial charge in [0, 0.05) is 11.3 Å². The van der Waals surface area contributed by atoms with Crippen LogP contribution in [0, 0.1) is 11.3 Å². The number of nitrogens with one attached hydrogen (secondary N) is 1. The zero-order chi connectivity index (χ0) is 17.5. The summed E-state index contributed by atoms with van der Waals surface area (Å²) in [5.74, 6) is 0.552. The molecule has 1 N–H and O–H groups in total. The van der Waals surface area contributed by atoms with Gasteiger partial charge in [0.15, 0.2) is 0 Å². The van der Waals surface area contributed by atoms with E-state index in [1.54, 1.807) is 36.4 Å². The quantitative estimate of drug-likeness (QED) is 0.755. The van der Waals surface area contributed by atoms with Crippen LogP contribution < -0.4 is 10.1 Å². The van der Waals surface area contributed by atoms with Crippen molar-refractivity contribution in [2.45, 2.75) is 6.61 Å². The Hall–Kier alpha value is -3.58. The van der Waals surface area contributed by atoms with E-state index in [9.17, 15) is 4.79 Å². The van der Waals surface area contributed by atoms with Crippen molar-refractivity contribution in [1.82, 2.24) is 0 Å². The van der Waals surface area contributed by atoms with E-state index in [-0.39, 0.29) is 5.91 Å². The first kappa shape index (κ1) is 16.3. The van der Waals surface area contributed by atoms with Crippen LogP contribution >= 0.6 is 0 Å². The van der Waals surface area contributed by atoms with Gasteiger partial charge in [0.25, 0.3) is 5.91 Å². The maximum absolute atomic E-state index is 12.2. The molecule has 0 aliphatic rings. The van der Waals surface area contributed by atoms with Crippen LogP contribution in [0.1, 0.15) is 21.5 Å². The molecule has 3 rings (SSSR count). The van der Waals surface area contributed by atoms with E-state index in [0.717, 1.165) is 11.3 Å². The summed E-state index contributed by atoms with van der Waals surface area (Å²) >= 11 is 0. The highest BCUT2D eigenvalue weighted by Gasteiger charge is 2.06. The molecular formula is C21H16N2O2. The van der Waals surface area contributed by atoms with E-state index in [4.69, 9.17) is 10.00 Å². The topological polar surface area (TPSA) is 62.1 Å². The number of hydrogen-bond donors (Lipinski definition) is 1. The molecule has 0 aliphatic heterocycles. The van der Waals surface area contributed by atoms with Gasteiger partial charge in [-0.25, -0.2) is 0 Å². The summed E-state index contributed by atoms with van der Waals surface area (Å²) in [5, 5.41) is 11.6. The number of carbonyl (C=O) groups excluding carboxylic acids is 1. The molecule has 0 bridgehead atoms. The molecule has 0 atom stereocenters. The van der Waals surface area contributed by atoms with Gasteiger partial charge in [-0.05, 0) is 54.1 Å². The molecule has 1 amide bonds. The second-order valence-electron chi connectivity index (χ2n) is 5.44. The fourth-order valence-corrected chi connectivity index (χ4v) is 2.27. The molecule has 0 aliphatic carbocycles.